The van der Waals surface area contributed by atoms with E-state index in [1.54, 1.807) is 0 Å². The number of sulfone groups is 1. The molecule has 0 aliphatic rings. The van der Waals surface area contributed by atoms with Crippen LogP contribution in [-0.2, 0) is 14.6 Å². The molecule has 0 fully saturated rings. The number of amides is 1. The highest BCUT2D eigenvalue weighted by atomic mass is 32.2. The number of hydrogen-bond donors (Lipinski definition) is 4. The molecule has 1 atom stereocenters. The molecular weight excluding hydrogens is 560 g/mol. The third-order valence-electron chi connectivity index (χ3n) is 6.79. The van der Waals surface area contributed by atoms with Crippen molar-refractivity contribution in [3.05, 3.63) is 76.8 Å². The number of anilines is 2. The molecule has 12 heteroatoms. The number of nitro benzene ring substituents is 1. The number of rotatable bonds is 17. The van der Waals surface area contributed by atoms with Crippen LogP contribution in [0, 0.1) is 10.1 Å². The van der Waals surface area contributed by atoms with Gasteiger partial charge in [0, 0.05) is 11.8 Å². The summed E-state index contributed by atoms with van der Waals surface area (Å²) < 4.78 is 31.9. The largest absolute Gasteiger partial charge is 0.508 e. The number of nitrogens with zero attached hydrogens (tertiary/aromatic N) is 1. The molecule has 3 aromatic rings. The second-order valence-electron chi connectivity index (χ2n) is 9.96. The van der Waals surface area contributed by atoms with Crippen molar-refractivity contribution in [1.29, 1.82) is 0 Å². The molecule has 0 heterocycles. The van der Waals surface area contributed by atoms with Crippen molar-refractivity contribution in [3.63, 3.8) is 0 Å². The third-order valence-corrected chi connectivity index (χ3v) is 8.57. The first-order chi connectivity index (χ1) is 20.1. The lowest BCUT2D eigenvalue weighted by molar-refractivity contribution is -0.383. The summed E-state index contributed by atoms with van der Waals surface area (Å²) in [5.41, 5.74) is 2.29. The van der Waals surface area contributed by atoms with Gasteiger partial charge in [-0.15, -0.1) is 0 Å². The Morgan fingerprint density at radius 3 is 2.07 bits per heavy atom. The van der Waals surface area contributed by atoms with Gasteiger partial charge in [-0.1, -0.05) is 51.9 Å². The predicted octanol–water partition coefficient (Wildman–Crippen LogP) is 6.34. The van der Waals surface area contributed by atoms with E-state index in [1.165, 1.54) is 92.4 Å². The highest BCUT2D eigenvalue weighted by Gasteiger charge is 2.23. The van der Waals surface area contributed by atoms with Crippen LogP contribution in [0.25, 0.3) is 0 Å². The van der Waals surface area contributed by atoms with Crippen molar-refractivity contribution in [1.82, 2.24) is 0 Å². The number of phenolic OH excluding ortho intramolecular Hbond substituents is 1. The number of hydrazine groups is 1. The zero-order valence-corrected chi connectivity index (χ0v) is 24.4. The van der Waals surface area contributed by atoms with Crippen LogP contribution in [0.3, 0.4) is 0 Å². The first-order valence-corrected chi connectivity index (χ1v) is 15.5. The van der Waals surface area contributed by atoms with Gasteiger partial charge in [0.1, 0.15) is 17.2 Å². The van der Waals surface area contributed by atoms with Crippen LogP contribution >= 0.6 is 0 Å². The summed E-state index contributed by atoms with van der Waals surface area (Å²) in [7, 11) is -3.82. The Labute approximate surface area is 246 Å². The van der Waals surface area contributed by atoms with Gasteiger partial charge in [-0.3, -0.25) is 20.8 Å². The number of carbonyl (C=O) groups excluding carboxylic acids is 1. The zero-order valence-electron chi connectivity index (χ0n) is 23.6. The van der Waals surface area contributed by atoms with E-state index < -0.39 is 26.8 Å². The normalized spacial score (nSPS) is 12.0. The monoisotopic (exact) mass is 598 g/mol. The van der Waals surface area contributed by atoms with Crippen molar-refractivity contribution in [2.24, 2.45) is 5.84 Å². The first kappa shape index (κ1) is 32.4. The number of hydrogen-bond acceptors (Lipinski definition) is 9. The van der Waals surface area contributed by atoms with Crippen LogP contribution in [0.2, 0.25) is 0 Å². The Bertz CT molecular complexity index is 1430. The van der Waals surface area contributed by atoms with Crippen LogP contribution in [0.4, 0.5) is 17.1 Å². The van der Waals surface area contributed by atoms with Crippen LogP contribution in [-0.4, -0.2) is 30.5 Å². The van der Waals surface area contributed by atoms with E-state index in [4.69, 9.17) is 10.6 Å². The SMILES string of the molecule is CCCCCCCCCCC(Oc1ccc(S(=O)(=O)c2ccc(O)cc2)cc1)C(=O)Nc1ccc(NN)c([N+](=O)[O-])c1. The molecule has 3 aromatic carbocycles. The zero-order chi connectivity index (χ0) is 30.5. The fourth-order valence-electron chi connectivity index (χ4n) is 4.44. The molecule has 42 heavy (non-hydrogen) atoms. The molecule has 0 aromatic heterocycles. The highest BCUT2D eigenvalue weighted by Crippen LogP contribution is 2.28. The molecule has 1 unspecified atom stereocenters. The Balaban J connectivity index is 1.72. The second kappa shape index (κ2) is 15.7. The summed E-state index contributed by atoms with van der Waals surface area (Å²) in [4.78, 5) is 24.1. The molecule has 5 N–H and O–H groups in total. The summed E-state index contributed by atoms with van der Waals surface area (Å²) in [5.74, 6) is 5.13. The molecule has 3 rings (SSSR count). The van der Waals surface area contributed by atoms with Gasteiger partial charge in [-0.05, 0) is 73.5 Å². The Kier molecular flexibility index (Phi) is 12.1. The van der Waals surface area contributed by atoms with Gasteiger partial charge in [0.15, 0.2) is 6.10 Å². The van der Waals surface area contributed by atoms with E-state index in [0.29, 0.717) is 12.2 Å². The number of unbranched alkanes of at least 4 members (excludes halogenated alkanes) is 7. The minimum Gasteiger partial charge on any atom is -0.508 e. The maximum absolute atomic E-state index is 13.3. The standard InChI is InChI=1S/C30H38N4O7S/c1-2-3-4-5-6-7-8-9-10-29(30(36)32-22-11-20-27(33-31)28(21-22)34(37)38)41-24-14-18-26(19-15-24)42(39,40)25-16-12-23(35)13-17-25/h11-21,29,33,35H,2-10,31H2,1H3,(H,32,36). The first-order valence-electron chi connectivity index (χ1n) is 14.0. The Morgan fingerprint density at radius 2 is 1.50 bits per heavy atom. The molecule has 0 spiro atoms. The maximum Gasteiger partial charge on any atom is 0.295 e. The fourth-order valence-corrected chi connectivity index (χ4v) is 5.70. The Morgan fingerprint density at radius 1 is 0.929 bits per heavy atom. The van der Waals surface area contributed by atoms with Crippen molar-refractivity contribution in [2.45, 2.75) is 80.6 Å². The lowest BCUT2D eigenvalue weighted by Crippen LogP contribution is -2.33. The molecule has 11 nitrogen and oxygen atoms in total. The van der Waals surface area contributed by atoms with Crippen molar-refractivity contribution in [3.8, 4) is 11.5 Å². The van der Waals surface area contributed by atoms with Crippen LogP contribution in [0.1, 0.15) is 64.7 Å². The van der Waals surface area contributed by atoms with Gasteiger partial charge in [-0.25, -0.2) is 8.42 Å². The quantitative estimate of drug-likeness (QED) is 0.0598. The van der Waals surface area contributed by atoms with E-state index in [-0.39, 0.29) is 32.6 Å². The van der Waals surface area contributed by atoms with E-state index >= 15 is 0 Å². The average Bonchev–Trinajstić information content (AvgIpc) is 2.98. The summed E-state index contributed by atoms with van der Waals surface area (Å²) in [5, 5.41) is 23.6. The van der Waals surface area contributed by atoms with Crippen LogP contribution in [0.15, 0.2) is 76.5 Å². The van der Waals surface area contributed by atoms with E-state index in [9.17, 15) is 28.4 Å². The molecule has 0 aliphatic carbocycles. The second-order valence-corrected chi connectivity index (χ2v) is 11.9. The molecule has 0 aliphatic heterocycles. The smallest absolute Gasteiger partial charge is 0.295 e. The van der Waals surface area contributed by atoms with Crippen molar-refractivity contribution >= 4 is 32.8 Å². The molecule has 0 bridgehead atoms. The number of nitro groups is 1. The number of ether oxygens (including phenoxy) is 1. The topological polar surface area (TPSA) is 174 Å². The fraction of sp³-hybridized carbons (Fsp3) is 0.367. The number of nitrogens with two attached hydrogens (primary N) is 1. The van der Waals surface area contributed by atoms with Gasteiger partial charge < -0.3 is 20.6 Å². The summed E-state index contributed by atoms with van der Waals surface area (Å²) in [6, 6.07) is 15.1. The van der Waals surface area contributed by atoms with Crippen molar-refractivity contribution < 1.29 is 28.0 Å². The summed E-state index contributed by atoms with van der Waals surface area (Å²) in [6.07, 6.45) is 8.11. The summed E-state index contributed by atoms with van der Waals surface area (Å²) in [6.45, 7) is 2.18. The highest BCUT2D eigenvalue weighted by molar-refractivity contribution is 7.91. The van der Waals surface area contributed by atoms with Gasteiger partial charge in [0.25, 0.3) is 11.6 Å². The van der Waals surface area contributed by atoms with Crippen LogP contribution < -0.4 is 21.3 Å². The van der Waals surface area contributed by atoms with E-state index in [2.05, 4.69) is 17.7 Å². The lowest BCUT2D eigenvalue weighted by atomic mass is 10.1. The molecule has 0 saturated heterocycles. The van der Waals surface area contributed by atoms with Gasteiger partial charge >= 0.3 is 0 Å². The van der Waals surface area contributed by atoms with Gasteiger partial charge in [0.05, 0.1) is 14.7 Å². The number of nitrogen functional groups attached to an aromatic ring is 1. The van der Waals surface area contributed by atoms with Gasteiger partial charge in [-0.2, -0.15) is 0 Å². The number of nitrogens with one attached hydrogen (secondary N) is 2. The van der Waals surface area contributed by atoms with E-state index in [0.717, 1.165) is 25.7 Å². The maximum atomic E-state index is 13.3. The average molecular weight is 599 g/mol. The van der Waals surface area contributed by atoms with Crippen molar-refractivity contribution in [2.75, 3.05) is 10.7 Å². The number of phenols is 1. The minimum absolute atomic E-state index is 0.0329. The third kappa shape index (κ3) is 9.18. The number of benzene rings is 3. The molecule has 1 amide bonds. The molecule has 0 radical (unpaired) electrons. The molecular formula is C30H38N4O7S. The Hall–Kier alpha value is -4.16. The lowest BCUT2D eigenvalue weighted by Gasteiger charge is -2.19. The summed E-state index contributed by atoms with van der Waals surface area (Å²) >= 11 is 0. The molecule has 226 valence electrons. The molecule has 0 saturated carbocycles. The minimum atomic E-state index is -3.82. The predicted molar refractivity (Wildman–Crippen MR) is 161 cm³/mol. The van der Waals surface area contributed by atoms with E-state index in [1.807, 2.05) is 0 Å². The number of carbonyl (C=O) groups is 1. The van der Waals surface area contributed by atoms with Crippen LogP contribution in [0.5, 0.6) is 11.5 Å². The van der Waals surface area contributed by atoms with Gasteiger partial charge in [0.2, 0.25) is 9.84 Å². The number of aromatic hydroxyl groups is 1.